The minimum absolute atomic E-state index is 0.238. The quantitative estimate of drug-likeness (QED) is 0.866. The van der Waals surface area contributed by atoms with Crippen LogP contribution in [0, 0.1) is 13.8 Å². The van der Waals surface area contributed by atoms with Gasteiger partial charge >= 0.3 is 0 Å². The highest BCUT2D eigenvalue weighted by Crippen LogP contribution is 2.09. The van der Waals surface area contributed by atoms with Gasteiger partial charge in [0.1, 0.15) is 30.1 Å². The third-order valence-electron chi connectivity index (χ3n) is 2.53. The van der Waals surface area contributed by atoms with E-state index in [1.165, 1.54) is 0 Å². The van der Waals surface area contributed by atoms with Crippen LogP contribution in [-0.4, -0.2) is 32.6 Å². The molecule has 1 atom stereocenters. The molecule has 2 aromatic rings. The lowest BCUT2D eigenvalue weighted by Gasteiger charge is -2.12. The molecule has 18 heavy (non-hydrogen) atoms. The number of aromatic nitrogens is 3. The van der Waals surface area contributed by atoms with Crippen LogP contribution in [0.2, 0.25) is 0 Å². The first-order valence-electron chi connectivity index (χ1n) is 5.89. The van der Waals surface area contributed by atoms with E-state index in [2.05, 4.69) is 10.1 Å². The highest BCUT2D eigenvalue weighted by atomic mass is 16.5. The van der Waals surface area contributed by atoms with Crippen molar-refractivity contribution in [1.82, 2.24) is 14.8 Å². The number of aliphatic hydroxyl groups is 1. The van der Waals surface area contributed by atoms with Gasteiger partial charge in [0, 0.05) is 0 Å². The molecule has 0 aliphatic carbocycles. The van der Waals surface area contributed by atoms with Crippen molar-refractivity contribution in [2.24, 2.45) is 0 Å². The van der Waals surface area contributed by atoms with Crippen molar-refractivity contribution in [2.75, 3.05) is 6.61 Å². The average Bonchev–Trinajstić information content (AvgIpc) is 2.67. The molecule has 1 heterocycles. The number of aliphatic hydroxyl groups excluding tert-OH is 1. The summed E-state index contributed by atoms with van der Waals surface area (Å²) in [5.41, 5.74) is 0. The zero-order chi connectivity index (χ0) is 13.0. The molecule has 2 rings (SSSR count). The molecule has 0 fully saturated rings. The van der Waals surface area contributed by atoms with Crippen molar-refractivity contribution in [3.63, 3.8) is 0 Å². The second-order valence-electron chi connectivity index (χ2n) is 4.17. The zero-order valence-corrected chi connectivity index (χ0v) is 10.6. The highest BCUT2D eigenvalue weighted by Gasteiger charge is 2.10. The molecule has 0 radical (unpaired) electrons. The van der Waals surface area contributed by atoms with Gasteiger partial charge < -0.3 is 9.84 Å². The van der Waals surface area contributed by atoms with Gasteiger partial charge in [-0.1, -0.05) is 18.2 Å². The molecule has 0 aliphatic rings. The standard InChI is InChI=1S/C13H17N3O2/c1-10-14-11(2)16(15-10)8-12(17)9-18-13-6-4-3-5-7-13/h3-7,12,17H,8-9H2,1-2H3. The molecule has 0 aliphatic heterocycles. The van der Waals surface area contributed by atoms with Crippen LogP contribution in [0.25, 0.3) is 0 Å². The van der Waals surface area contributed by atoms with Gasteiger partial charge in [0.15, 0.2) is 0 Å². The summed E-state index contributed by atoms with van der Waals surface area (Å²) in [6, 6.07) is 9.43. The molecule has 1 unspecified atom stereocenters. The second kappa shape index (κ2) is 5.64. The molecule has 0 spiro atoms. The Balaban J connectivity index is 1.86. The van der Waals surface area contributed by atoms with Crippen LogP contribution in [0.4, 0.5) is 0 Å². The molecule has 0 bridgehead atoms. The van der Waals surface area contributed by atoms with Gasteiger partial charge in [0.2, 0.25) is 0 Å². The number of para-hydroxylation sites is 1. The third-order valence-corrected chi connectivity index (χ3v) is 2.53. The number of nitrogens with zero attached hydrogens (tertiary/aromatic N) is 3. The van der Waals surface area contributed by atoms with Gasteiger partial charge in [-0.2, -0.15) is 5.10 Å². The van der Waals surface area contributed by atoms with Crippen molar-refractivity contribution in [3.05, 3.63) is 42.0 Å². The summed E-state index contributed by atoms with van der Waals surface area (Å²) >= 11 is 0. The Labute approximate surface area is 106 Å². The zero-order valence-electron chi connectivity index (χ0n) is 10.6. The van der Waals surface area contributed by atoms with Crippen molar-refractivity contribution >= 4 is 0 Å². The SMILES string of the molecule is Cc1nc(C)n(CC(O)COc2ccccc2)n1. The Kier molecular flexibility index (Phi) is 3.94. The number of hydrogen-bond donors (Lipinski definition) is 1. The van der Waals surface area contributed by atoms with E-state index in [1.54, 1.807) is 4.68 Å². The molecule has 0 saturated heterocycles. The largest absolute Gasteiger partial charge is 0.491 e. The lowest BCUT2D eigenvalue weighted by atomic mass is 10.3. The lowest BCUT2D eigenvalue weighted by Crippen LogP contribution is -2.24. The minimum atomic E-state index is -0.606. The number of benzene rings is 1. The summed E-state index contributed by atoms with van der Waals surface area (Å²) in [4.78, 5) is 4.18. The van der Waals surface area contributed by atoms with Gasteiger partial charge in [-0.05, 0) is 26.0 Å². The summed E-state index contributed by atoms with van der Waals surface area (Å²) in [7, 11) is 0. The van der Waals surface area contributed by atoms with Gasteiger partial charge in [-0.15, -0.1) is 0 Å². The molecule has 1 aromatic carbocycles. The van der Waals surface area contributed by atoms with Crippen molar-refractivity contribution in [1.29, 1.82) is 0 Å². The Bertz CT molecular complexity index is 496. The Hall–Kier alpha value is -1.88. The van der Waals surface area contributed by atoms with E-state index < -0.39 is 6.10 Å². The fraction of sp³-hybridized carbons (Fsp3) is 0.385. The number of aryl methyl sites for hydroxylation is 2. The van der Waals surface area contributed by atoms with Crippen molar-refractivity contribution < 1.29 is 9.84 Å². The van der Waals surface area contributed by atoms with E-state index in [-0.39, 0.29) is 6.61 Å². The van der Waals surface area contributed by atoms with E-state index in [1.807, 2.05) is 44.2 Å². The van der Waals surface area contributed by atoms with E-state index >= 15 is 0 Å². The second-order valence-corrected chi connectivity index (χ2v) is 4.17. The summed E-state index contributed by atoms with van der Waals surface area (Å²) in [5.74, 6) is 2.26. The molecule has 0 saturated carbocycles. The third kappa shape index (κ3) is 3.30. The molecular weight excluding hydrogens is 230 g/mol. The molecule has 1 N–H and O–H groups in total. The van der Waals surface area contributed by atoms with Crippen molar-refractivity contribution in [3.8, 4) is 5.75 Å². The van der Waals surface area contributed by atoms with Gasteiger partial charge in [-0.3, -0.25) is 0 Å². The number of ether oxygens (including phenoxy) is 1. The van der Waals surface area contributed by atoms with Crippen LogP contribution in [0.1, 0.15) is 11.6 Å². The first-order valence-corrected chi connectivity index (χ1v) is 5.89. The monoisotopic (exact) mass is 247 g/mol. The predicted octanol–water partition coefficient (Wildman–Crippen LogP) is 1.33. The maximum atomic E-state index is 9.88. The van der Waals surface area contributed by atoms with Crippen LogP contribution < -0.4 is 4.74 Å². The molecule has 1 aromatic heterocycles. The van der Waals surface area contributed by atoms with E-state index in [0.717, 1.165) is 11.6 Å². The fourth-order valence-electron chi connectivity index (χ4n) is 1.70. The fourth-order valence-corrected chi connectivity index (χ4v) is 1.70. The van der Waals surface area contributed by atoms with E-state index in [9.17, 15) is 5.11 Å². The maximum Gasteiger partial charge on any atom is 0.147 e. The van der Waals surface area contributed by atoms with Crippen LogP contribution in [0.3, 0.4) is 0 Å². The van der Waals surface area contributed by atoms with E-state index in [4.69, 9.17) is 4.74 Å². The molecule has 5 heteroatoms. The average molecular weight is 247 g/mol. The highest BCUT2D eigenvalue weighted by molar-refractivity contribution is 5.20. The molecule has 5 nitrogen and oxygen atoms in total. The topological polar surface area (TPSA) is 60.2 Å². The number of rotatable bonds is 5. The van der Waals surface area contributed by atoms with Crippen molar-refractivity contribution in [2.45, 2.75) is 26.5 Å². The molecular formula is C13H17N3O2. The van der Waals surface area contributed by atoms with Crippen LogP contribution >= 0.6 is 0 Å². The summed E-state index contributed by atoms with van der Waals surface area (Å²) in [6.45, 7) is 4.32. The first-order chi connectivity index (χ1) is 8.65. The van der Waals surface area contributed by atoms with Gasteiger partial charge in [0.25, 0.3) is 0 Å². The predicted molar refractivity (Wildman–Crippen MR) is 67.4 cm³/mol. The van der Waals surface area contributed by atoms with Crippen LogP contribution in [-0.2, 0) is 6.54 Å². The van der Waals surface area contributed by atoms with E-state index in [0.29, 0.717) is 12.4 Å². The summed E-state index contributed by atoms with van der Waals surface area (Å²) in [5, 5.41) is 14.1. The normalized spacial score (nSPS) is 12.4. The van der Waals surface area contributed by atoms with Crippen LogP contribution in [0.5, 0.6) is 5.75 Å². The maximum absolute atomic E-state index is 9.88. The van der Waals surface area contributed by atoms with Gasteiger partial charge in [-0.25, -0.2) is 9.67 Å². The Morgan fingerprint density at radius 3 is 2.61 bits per heavy atom. The lowest BCUT2D eigenvalue weighted by molar-refractivity contribution is 0.0886. The molecule has 0 amide bonds. The first kappa shape index (κ1) is 12.6. The Morgan fingerprint density at radius 1 is 1.28 bits per heavy atom. The van der Waals surface area contributed by atoms with Gasteiger partial charge in [0.05, 0.1) is 6.54 Å². The minimum Gasteiger partial charge on any atom is -0.491 e. The Morgan fingerprint density at radius 2 is 2.00 bits per heavy atom. The number of hydrogen-bond acceptors (Lipinski definition) is 4. The molecule has 96 valence electrons. The smallest absolute Gasteiger partial charge is 0.147 e. The summed E-state index contributed by atoms with van der Waals surface area (Å²) < 4.78 is 7.16. The summed E-state index contributed by atoms with van der Waals surface area (Å²) in [6.07, 6.45) is -0.606. The van der Waals surface area contributed by atoms with Crippen LogP contribution in [0.15, 0.2) is 30.3 Å².